The van der Waals surface area contributed by atoms with E-state index >= 15 is 0 Å². The number of rotatable bonds is 7. The van der Waals surface area contributed by atoms with Crippen molar-refractivity contribution in [2.45, 2.75) is 13.5 Å². The predicted molar refractivity (Wildman–Crippen MR) is 81.4 cm³/mol. The van der Waals surface area contributed by atoms with Crippen molar-refractivity contribution in [2.24, 2.45) is 0 Å². The number of carboxylic acids is 1. The molecular weight excluding hydrogens is 268 g/mol. The van der Waals surface area contributed by atoms with Gasteiger partial charge in [0.1, 0.15) is 5.65 Å². The van der Waals surface area contributed by atoms with Crippen LogP contribution in [0, 0.1) is 6.92 Å². The maximum atomic E-state index is 11.0. The summed E-state index contributed by atoms with van der Waals surface area (Å²) >= 11 is 0. The fourth-order valence-electron chi connectivity index (χ4n) is 2.21. The lowest BCUT2D eigenvalue weighted by molar-refractivity contribution is -0.138. The molecule has 2 heterocycles. The number of aromatic nitrogens is 2. The molecule has 0 aliphatic heterocycles. The Morgan fingerprint density at radius 1 is 1.29 bits per heavy atom. The minimum Gasteiger partial charge on any atom is -0.480 e. The first-order chi connectivity index (χ1) is 9.94. The first-order valence-electron chi connectivity index (χ1n) is 6.97. The third kappa shape index (κ3) is 4.54. The number of pyridine rings is 1. The molecule has 0 aliphatic rings. The van der Waals surface area contributed by atoms with Crippen LogP contribution < -0.4 is 0 Å². The lowest BCUT2D eigenvalue weighted by Gasteiger charge is -2.21. The van der Waals surface area contributed by atoms with Crippen molar-refractivity contribution in [1.29, 1.82) is 0 Å². The summed E-state index contributed by atoms with van der Waals surface area (Å²) < 4.78 is 1.98. The minimum absolute atomic E-state index is 0.0285. The van der Waals surface area contributed by atoms with E-state index in [4.69, 9.17) is 5.11 Å². The fraction of sp³-hybridized carbons (Fsp3) is 0.467. The molecule has 0 saturated heterocycles. The highest BCUT2D eigenvalue weighted by Crippen LogP contribution is 2.09. The second-order valence-electron chi connectivity index (χ2n) is 5.61. The molecule has 0 amide bonds. The molecule has 0 spiro atoms. The Bertz CT molecular complexity index is 621. The smallest absolute Gasteiger partial charge is 0.317 e. The molecule has 0 radical (unpaired) electrons. The summed E-state index contributed by atoms with van der Waals surface area (Å²) in [4.78, 5) is 19.5. The summed E-state index contributed by atoms with van der Waals surface area (Å²) in [6.45, 7) is 4.13. The maximum absolute atomic E-state index is 11.0. The van der Waals surface area contributed by atoms with Crippen LogP contribution in [0.25, 0.3) is 5.65 Å². The highest BCUT2D eigenvalue weighted by molar-refractivity contribution is 5.69. The Hall–Kier alpha value is -1.92. The highest BCUT2D eigenvalue weighted by atomic mass is 16.4. The number of hydrogen-bond donors (Lipinski definition) is 1. The average Bonchev–Trinajstić information content (AvgIpc) is 2.76. The van der Waals surface area contributed by atoms with E-state index in [0.29, 0.717) is 13.1 Å². The first-order valence-corrected chi connectivity index (χ1v) is 6.97. The molecule has 114 valence electrons. The van der Waals surface area contributed by atoms with Gasteiger partial charge in [0.15, 0.2) is 0 Å². The molecule has 0 aliphatic carbocycles. The molecule has 6 heteroatoms. The van der Waals surface area contributed by atoms with Crippen LogP contribution in [0.4, 0.5) is 0 Å². The number of aryl methyl sites for hydroxylation is 1. The summed E-state index contributed by atoms with van der Waals surface area (Å²) in [6, 6.07) is 3.99. The lowest BCUT2D eigenvalue weighted by atomic mass is 10.3. The molecule has 1 N–H and O–H groups in total. The Kier molecular flexibility index (Phi) is 4.93. The van der Waals surface area contributed by atoms with E-state index in [1.807, 2.05) is 59.7 Å². The van der Waals surface area contributed by atoms with Crippen molar-refractivity contribution in [3.8, 4) is 0 Å². The molecule has 0 saturated carbocycles. The minimum atomic E-state index is -0.812. The van der Waals surface area contributed by atoms with Crippen molar-refractivity contribution < 1.29 is 9.90 Å². The monoisotopic (exact) mass is 290 g/mol. The molecule has 0 bridgehead atoms. The second kappa shape index (κ2) is 6.69. The highest BCUT2D eigenvalue weighted by Gasteiger charge is 2.12. The Morgan fingerprint density at radius 2 is 2.05 bits per heavy atom. The molecule has 21 heavy (non-hydrogen) atoms. The van der Waals surface area contributed by atoms with Crippen LogP contribution in [0.15, 0.2) is 24.5 Å². The molecule has 2 aromatic heterocycles. The van der Waals surface area contributed by atoms with Gasteiger partial charge >= 0.3 is 5.97 Å². The number of carbonyl (C=O) groups is 1. The number of likely N-dealkylation sites (N-methyl/N-ethyl adjacent to an activating group) is 1. The molecule has 0 aromatic carbocycles. The predicted octanol–water partition coefficient (Wildman–Crippen LogP) is 1.09. The topological polar surface area (TPSA) is 61.1 Å². The van der Waals surface area contributed by atoms with Gasteiger partial charge in [-0.05, 0) is 32.6 Å². The van der Waals surface area contributed by atoms with E-state index in [9.17, 15) is 4.79 Å². The van der Waals surface area contributed by atoms with E-state index in [1.54, 1.807) is 0 Å². The van der Waals surface area contributed by atoms with E-state index in [2.05, 4.69) is 4.98 Å². The third-order valence-electron chi connectivity index (χ3n) is 3.26. The summed E-state index contributed by atoms with van der Waals surface area (Å²) in [6.07, 6.45) is 3.99. The number of nitrogens with zero attached hydrogens (tertiary/aromatic N) is 4. The van der Waals surface area contributed by atoms with Crippen molar-refractivity contribution in [2.75, 3.05) is 33.7 Å². The standard InChI is InChI=1S/C15H22N4O2/c1-12-4-5-14-16-13(10-19(14)8-12)9-18(11-15(20)21)7-6-17(2)3/h4-5,8,10H,6-7,9,11H2,1-3H3,(H,20,21). The van der Waals surface area contributed by atoms with Gasteiger partial charge in [0.25, 0.3) is 0 Å². The van der Waals surface area contributed by atoms with Gasteiger partial charge in [-0.15, -0.1) is 0 Å². The molecule has 2 aromatic rings. The second-order valence-corrected chi connectivity index (χ2v) is 5.61. The number of carboxylic acid groups (broad SMARTS) is 1. The van der Waals surface area contributed by atoms with Gasteiger partial charge in [0, 0.05) is 32.0 Å². The summed E-state index contributed by atoms with van der Waals surface area (Å²) in [5.74, 6) is -0.812. The van der Waals surface area contributed by atoms with Crippen LogP contribution in [0.2, 0.25) is 0 Å². The van der Waals surface area contributed by atoms with E-state index in [1.165, 1.54) is 5.56 Å². The first kappa shape index (κ1) is 15.5. The average molecular weight is 290 g/mol. The van der Waals surface area contributed by atoms with Crippen LogP contribution in [0.5, 0.6) is 0 Å². The largest absolute Gasteiger partial charge is 0.480 e. The van der Waals surface area contributed by atoms with Gasteiger partial charge in [0.2, 0.25) is 0 Å². The van der Waals surface area contributed by atoms with E-state index in [-0.39, 0.29) is 6.54 Å². The number of fused-ring (bicyclic) bond motifs is 1. The van der Waals surface area contributed by atoms with Crippen LogP contribution in [-0.2, 0) is 11.3 Å². The SMILES string of the molecule is Cc1ccc2nc(CN(CCN(C)C)CC(=O)O)cn2c1. The molecule has 0 atom stereocenters. The number of imidazole rings is 1. The third-order valence-corrected chi connectivity index (χ3v) is 3.26. The lowest BCUT2D eigenvalue weighted by Crippen LogP contribution is -2.35. The van der Waals surface area contributed by atoms with Gasteiger partial charge < -0.3 is 14.4 Å². The van der Waals surface area contributed by atoms with Crippen molar-refractivity contribution in [1.82, 2.24) is 19.2 Å². The number of hydrogen-bond acceptors (Lipinski definition) is 4. The van der Waals surface area contributed by atoms with Crippen LogP contribution >= 0.6 is 0 Å². The molecule has 6 nitrogen and oxygen atoms in total. The van der Waals surface area contributed by atoms with E-state index in [0.717, 1.165) is 17.9 Å². The van der Waals surface area contributed by atoms with Crippen molar-refractivity contribution >= 4 is 11.6 Å². The van der Waals surface area contributed by atoms with Crippen LogP contribution in [0.1, 0.15) is 11.3 Å². The van der Waals surface area contributed by atoms with Gasteiger partial charge in [-0.1, -0.05) is 6.07 Å². The van der Waals surface area contributed by atoms with Crippen LogP contribution in [0.3, 0.4) is 0 Å². The Labute approximate surface area is 124 Å². The Morgan fingerprint density at radius 3 is 2.71 bits per heavy atom. The van der Waals surface area contributed by atoms with E-state index < -0.39 is 5.97 Å². The van der Waals surface area contributed by atoms with Gasteiger partial charge in [-0.2, -0.15) is 0 Å². The molecule has 2 rings (SSSR count). The quantitative estimate of drug-likeness (QED) is 0.827. The maximum Gasteiger partial charge on any atom is 0.317 e. The van der Waals surface area contributed by atoms with Gasteiger partial charge in [-0.3, -0.25) is 9.69 Å². The zero-order chi connectivity index (χ0) is 15.4. The fourth-order valence-corrected chi connectivity index (χ4v) is 2.21. The summed E-state index contributed by atoms with van der Waals surface area (Å²) in [7, 11) is 3.96. The van der Waals surface area contributed by atoms with Gasteiger partial charge in [-0.25, -0.2) is 4.98 Å². The zero-order valence-corrected chi connectivity index (χ0v) is 12.8. The summed E-state index contributed by atoms with van der Waals surface area (Å²) in [5.41, 5.74) is 2.94. The van der Waals surface area contributed by atoms with Gasteiger partial charge in [0.05, 0.1) is 12.2 Å². The van der Waals surface area contributed by atoms with Crippen molar-refractivity contribution in [3.63, 3.8) is 0 Å². The normalized spacial score (nSPS) is 11.7. The zero-order valence-electron chi connectivity index (χ0n) is 12.8. The number of aliphatic carboxylic acids is 1. The summed E-state index contributed by atoms with van der Waals surface area (Å²) in [5, 5.41) is 9.02. The van der Waals surface area contributed by atoms with Crippen molar-refractivity contribution in [3.05, 3.63) is 35.8 Å². The Balaban J connectivity index is 2.11. The molecule has 0 unspecified atom stereocenters. The molecular formula is C15H22N4O2. The molecule has 0 fully saturated rings. The van der Waals surface area contributed by atoms with Crippen LogP contribution in [-0.4, -0.2) is 64.0 Å².